The summed E-state index contributed by atoms with van der Waals surface area (Å²) in [6, 6.07) is 5.81. The zero-order valence-corrected chi connectivity index (χ0v) is 16.8. The first-order chi connectivity index (χ1) is 13.9. The Bertz CT molecular complexity index is 955. The molecular weight excluding hydrogens is 395 g/mol. The van der Waals surface area contributed by atoms with Crippen LogP contribution in [0.15, 0.2) is 40.8 Å². The molecule has 2 amide bonds. The second-order valence-electron chi connectivity index (χ2n) is 7.56. The van der Waals surface area contributed by atoms with E-state index in [0.717, 1.165) is 25.0 Å². The van der Waals surface area contributed by atoms with Crippen LogP contribution in [-0.4, -0.2) is 53.1 Å². The van der Waals surface area contributed by atoms with Gasteiger partial charge in [0.15, 0.2) is 0 Å². The van der Waals surface area contributed by atoms with Crippen molar-refractivity contribution in [1.82, 2.24) is 20.0 Å². The number of piperidine rings is 1. The summed E-state index contributed by atoms with van der Waals surface area (Å²) in [5.41, 5.74) is 7.84. The smallest absolute Gasteiger partial charge is 0.327 e. The van der Waals surface area contributed by atoms with E-state index in [1.54, 1.807) is 16.8 Å². The Morgan fingerprint density at radius 2 is 2.24 bits per heavy atom. The van der Waals surface area contributed by atoms with Crippen LogP contribution in [0.3, 0.4) is 0 Å². The van der Waals surface area contributed by atoms with Crippen molar-refractivity contribution in [2.45, 2.75) is 31.6 Å². The van der Waals surface area contributed by atoms with Crippen LogP contribution in [0.1, 0.15) is 24.0 Å². The molecule has 1 aromatic carbocycles. The van der Waals surface area contributed by atoms with E-state index < -0.39 is 5.82 Å². The number of urea groups is 1. The molecule has 2 atom stereocenters. The van der Waals surface area contributed by atoms with E-state index in [-0.39, 0.29) is 24.8 Å². The Balaban J connectivity index is 1.80. The highest BCUT2D eigenvalue weighted by molar-refractivity contribution is 6.29. The van der Waals surface area contributed by atoms with Crippen LogP contribution >= 0.6 is 11.6 Å². The molecule has 1 aromatic rings. The molecule has 3 aliphatic heterocycles. The van der Waals surface area contributed by atoms with E-state index in [4.69, 9.17) is 17.3 Å². The lowest BCUT2D eigenvalue weighted by atomic mass is 10.0. The number of amides is 2. The number of fused-ring (bicyclic) bond motifs is 1. The van der Waals surface area contributed by atoms with Gasteiger partial charge in [-0.3, -0.25) is 4.90 Å². The number of nitrogens with zero attached hydrogens (tertiary/aromatic N) is 4. The van der Waals surface area contributed by atoms with Gasteiger partial charge in [-0.1, -0.05) is 11.6 Å². The topological polar surface area (TPSA) is 88.6 Å². The summed E-state index contributed by atoms with van der Waals surface area (Å²) >= 11 is 6.23. The number of carbonyl (C=O) groups is 1. The van der Waals surface area contributed by atoms with Gasteiger partial charge in [0.05, 0.1) is 18.2 Å². The van der Waals surface area contributed by atoms with Gasteiger partial charge in [0, 0.05) is 31.8 Å². The van der Waals surface area contributed by atoms with Gasteiger partial charge >= 0.3 is 6.03 Å². The lowest BCUT2D eigenvalue weighted by Crippen LogP contribution is -2.58. The summed E-state index contributed by atoms with van der Waals surface area (Å²) in [7, 11) is 1.69. The second-order valence-corrected chi connectivity index (χ2v) is 7.97. The standard InChI is InChI=1S/C20H22ClFN6O/c1-26-18-16(8-17(21)25-18)19(27-6-2-3-15(24)11-27)28(20(26)29)10-13-7-14(22)5-4-12(13)9-23/h4-5,7-8,15,18,25H,2-3,6,10-11,24H2,1H3/t15-,18?/m1/s1. The van der Waals surface area contributed by atoms with E-state index in [0.29, 0.717) is 28.6 Å². The zero-order valence-electron chi connectivity index (χ0n) is 16.0. The largest absolute Gasteiger partial charge is 0.356 e. The van der Waals surface area contributed by atoms with Crippen molar-refractivity contribution >= 4 is 17.6 Å². The number of hydrogen-bond acceptors (Lipinski definition) is 5. The van der Waals surface area contributed by atoms with Gasteiger partial charge in [-0.2, -0.15) is 5.26 Å². The van der Waals surface area contributed by atoms with Crippen molar-refractivity contribution in [1.29, 1.82) is 5.26 Å². The molecule has 1 unspecified atom stereocenters. The Hall–Kier alpha value is -2.76. The molecule has 0 radical (unpaired) electrons. The van der Waals surface area contributed by atoms with E-state index in [9.17, 15) is 14.4 Å². The minimum absolute atomic E-state index is 0.00422. The summed E-state index contributed by atoms with van der Waals surface area (Å²) in [5.74, 6) is 0.263. The number of hydrogen-bond donors (Lipinski definition) is 2. The summed E-state index contributed by atoms with van der Waals surface area (Å²) < 4.78 is 13.9. The third-order valence-electron chi connectivity index (χ3n) is 5.56. The van der Waals surface area contributed by atoms with Crippen LogP contribution in [0, 0.1) is 17.1 Å². The van der Waals surface area contributed by atoms with E-state index in [1.807, 2.05) is 6.08 Å². The van der Waals surface area contributed by atoms with Crippen LogP contribution < -0.4 is 11.1 Å². The van der Waals surface area contributed by atoms with Crippen molar-refractivity contribution in [3.63, 3.8) is 0 Å². The average Bonchev–Trinajstić information content (AvgIpc) is 3.07. The Kier molecular flexibility index (Phi) is 5.11. The number of halogens is 2. The molecule has 3 aliphatic rings. The molecule has 0 aromatic heterocycles. The maximum atomic E-state index is 13.9. The predicted molar refractivity (Wildman–Crippen MR) is 106 cm³/mol. The van der Waals surface area contributed by atoms with Crippen molar-refractivity contribution in [2.75, 3.05) is 20.1 Å². The first-order valence-corrected chi connectivity index (χ1v) is 9.88. The summed E-state index contributed by atoms with van der Waals surface area (Å²) in [6.07, 6.45) is 3.28. The summed E-state index contributed by atoms with van der Waals surface area (Å²) in [4.78, 5) is 18.5. The monoisotopic (exact) mass is 416 g/mol. The average molecular weight is 417 g/mol. The third-order valence-corrected chi connectivity index (χ3v) is 5.78. The van der Waals surface area contributed by atoms with Crippen LogP contribution in [-0.2, 0) is 6.54 Å². The number of likely N-dealkylation sites (N-methyl/N-ethyl adjacent to an activating group) is 1. The minimum Gasteiger partial charge on any atom is -0.356 e. The van der Waals surface area contributed by atoms with E-state index in [1.165, 1.54) is 18.2 Å². The molecule has 9 heteroatoms. The lowest BCUT2D eigenvalue weighted by Gasteiger charge is -2.45. The molecule has 1 fully saturated rings. The number of rotatable bonds is 3. The molecule has 3 heterocycles. The second kappa shape index (κ2) is 7.58. The Labute approximate surface area is 173 Å². The maximum absolute atomic E-state index is 13.9. The number of likely N-dealkylation sites (tertiary alicyclic amines) is 1. The molecule has 7 nitrogen and oxygen atoms in total. The SMILES string of the molecule is CN1C(=O)N(Cc2cc(F)ccc2C#N)C(N2CCC[C@@H](N)C2)=C2C=C(Cl)NC21. The lowest BCUT2D eigenvalue weighted by molar-refractivity contribution is 0.113. The van der Waals surface area contributed by atoms with Crippen molar-refractivity contribution < 1.29 is 9.18 Å². The van der Waals surface area contributed by atoms with Crippen LogP contribution in [0.2, 0.25) is 0 Å². The molecule has 0 aliphatic carbocycles. The molecule has 1 saturated heterocycles. The molecule has 4 rings (SSSR count). The highest BCUT2D eigenvalue weighted by Gasteiger charge is 2.42. The third kappa shape index (κ3) is 3.52. The molecule has 0 bridgehead atoms. The Morgan fingerprint density at radius 1 is 1.45 bits per heavy atom. The molecule has 29 heavy (non-hydrogen) atoms. The first kappa shape index (κ1) is 19.6. The van der Waals surface area contributed by atoms with Crippen LogP contribution in [0.4, 0.5) is 9.18 Å². The quantitative estimate of drug-likeness (QED) is 0.737. The van der Waals surface area contributed by atoms with Crippen molar-refractivity contribution in [3.8, 4) is 6.07 Å². The predicted octanol–water partition coefficient (Wildman–Crippen LogP) is 2.21. The fourth-order valence-electron chi connectivity index (χ4n) is 4.18. The van der Waals surface area contributed by atoms with Gasteiger partial charge in [-0.05, 0) is 42.7 Å². The fraction of sp³-hybridized carbons (Fsp3) is 0.400. The molecule has 0 saturated carbocycles. The highest BCUT2D eigenvalue weighted by Crippen LogP contribution is 2.35. The summed E-state index contributed by atoms with van der Waals surface area (Å²) in [5, 5.41) is 13.0. The van der Waals surface area contributed by atoms with Crippen molar-refractivity contribution in [2.24, 2.45) is 5.73 Å². The highest BCUT2D eigenvalue weighted by atomic mass is 35.5. The van der Waals surface area contributed by atoms with Crippen LogP contribution in [0.5, 0.6) is 0 Å². The van der Waals surface area contributed by atoms with Gasteiger partial charge in [-0.15, -0.1) is 0 Å². The van der Waals surface area contributed by atoms with Gasteiger partial charge < -0.3 is 20.9 Å². The minimum atomic E-state index is -0.450. The van der Waals surface area contributed by atoms with Crippen LogP contribution in [0.25, 0.3) is 0 Å². The van der Waals surface area contributed by atoms with Crippen molar-refractivity contribution in [3.05, 3.63) is 57.8 Å². The number of benzene rings is 1. The van der Waals surface area contributed by atoms with Gasteiger partial charge in [0.2, 0.25) is 0 Å². The fourth-order valence-corrected chi connectivity index (χ4v) is 4.40. The molecule has 152 valence electrons. The number of nitriles is 1. The van der Waals surface area contributed by atoms with E-state index >= 15 is 0 Å². The van der Waals surface area contributed by atoms with Gasteiger partial charge in [0.25, 0.3) is 0 Å². The normalized spacial score (nSPS) is 24.3. The molecular formula is C20H22ClFN6O. The molecule has 0 spiro atoms. The summed E-state index contributed by atoms with van der Waals surface area (Å²) in [6.45, 7) is 1.44. The number of carbonyl (C=O) groups excluding carboxylic acids is 1. The first-order valence-electron chi connectivity index (χ1n) is 9.50. The Morgan fingerprint density at radius 3 is 2.97 bits per heavy atom. The number of nitrogens with one attached hydrogen (secondary N) is 1. The maximum Gasteiger partial charge on any atom is 0.327 e. The van der Waals surface area contributed by atoms with E-state index in [2.05, 4.69) is 16.3 Å². The zero-order chi connectivity index (χ0) is 20.7. The number of nitrogens with two attached hydrogens (primary N) is 1. The molecule has 3 N–H and O–H groups in total. The van der Waals surface area contributed by atoms with Gasteiger partial charge in [-0.25, -0.2) is 9.18 Å². The van der Waals surface area contributed by atoms with Gasteiger partial charge in [0.1, 0.15) is 23.0 Å².